The van der Waals surface area contributed by atoms with Gasteiger partial charge in [0.1, 0.15) is 0 Å². The zero-order chi connectivity index (χ0) is 28.2. The number of aliphatic hydroxyl groups excluding tert-OH is 2. The van der Waals surface area contributed by atoms with Crippen molar-refractivity contribution >= 4 is 22.5 Å². The van der Waals surface area contributed by atoms with Crippen molar-refractivity contribution in [2.75, 3.05) is 38.0 Å². The molecule has 2 N–H and O–H groups in total. The van der Waals surface area contributed by atoms with E-state index >= 15 is 0 Å². The molecule has 0 atom stereocenters. The molecule has 0 spiro atoms. The fourth-order valence-electron chi connectivity index (χ4n) is 5.38. The zero-order valence-corrected chi connectivity index (χ0v) is 23.6. The smallest absolute Gasteiger partial charge is 0.0716 e. The van der Waals surface area contributed by atoms with Gasteiger partial charge in [-0.1, -0.05) is 97.1 Å². The first kappa shape index (κ1) is 27.4. The van der Waals surface area contributed by atoms with E-state index in [1.807, 2.05) is 76.7 Å². The number of hydrogen-bond acceptors (Lipinski definition) is 4. The molecular weight excluding hydrogens is 492 g/mol. The minimum Gasteiger partial charge on any atom is -0.392 e. The number of nitrogens with zero attached hydrogens (tertiary/aromatic N) is 2. The topological polar surface area (TPSA) is 46.9 Å². The maximum atomic E-state index is 11.4. The maximum absolute atomic E-state index is 11.4. The summed E-state index contributed by atoms with van der Waals surface area (Å²) in [5.41, 5.74) is 8.50. The summed E-state index contributed by atoms with van der Waals surface area (Å²) >= 11 is 0. The molecule has 0 radical (unpaired) electrons. The highest BCUT2D eigenvalue weighted by Gasteiger charge is 2.47. The number of hydrogen-bond donors (Lipinski definition) is 2. The van der Waals surface area contributed by atoms with Crippen LogP contribution >= 0.6 is 0 Å². The van der Waals surface area contributed by atoms with Crippen LogP contribution in [0.25, 0.3) is 11.1 Å². The molecule has 4 nitrogen and oxygen atoms in total. The van der Waals surface area contributed by atoms with Gasteiger partial charge < -0.3 is 20.0 Å². The van der Waals surface area contributed by atoms with Gasteiger partial charge in [-0.25, -0.2) is 0 Å². The third-order valence-electron chi connectivity index (χ3n) is 7.85. The summed E-state index contributed by atoms with van der Waals surface area (Å²) in [5.74, 6) is -0.753. The second kappa shape index (κ2) is 12.0. The first-order valence-corrected chi connectivity index (χ1v) is 13.8. The van der Waals surface area contributed by atoms with Gasteiger partial charge in [-0.3, -0.25) is 0 Å². The molecule has 0 aromatic heterocycles. The SMILES string of the molecule is CN(C)c1ccc(C(=CC2C(O)C(C=C(c3ccccc3)c3ccc(N(C)C)cc3)C2O)c2ccccc2)cc1. The molecule has 0 saturated heterocycles. The van der Waals surface area contributed by atoms with Crippen LogP contribution in [0.5, 0.6) is 0 Å². The van der Waals surface area contributed by atoms with Crippen LogP contribution in [0, 0.1) is 11.8 Å². The van der Waals surface area contributed by atoms with Crippen LogP contribution in [0.15, 0.2) is 121 Å². The molecule has 1 aliphatic rings. The van der Waals surface area contributed by atoms with Crippen molar-refractivity contribution in [2.24, 2.45) is 11.8 Å². The molecule has 4 aromatic carbocycles. The molecular formula is C36H38N2O2. The van der Waals surface area contributed by atoms with Crippen LogP contribution in [0.4, 0.5) is 11.4 Å². The Bertz CT molecular complexity index is 1330. The summed E-state index contributed by atoms with van der Waals surface area (Å²) in [6.07, 6.45) is 2.70. The van der Waals surface area contributed by atoms with Gasteiger partial charge in [0.2, 0.25) is 0 Å². The van der Waals surface area contributed by atoms with Gasteiger partial charge in [-0.05, 0) is 57.7 Å². The predicted octanol–water partition coefficient (Wildman–Crippen LogP) is 6.35. The average Bonchev–Trinajstić information content (AvgIpc) is 2.99. The second-order valence-corrected chi connectivity index (χ2v) is 10.9. The monoisotopic (exact) mass is 530 g/mol. The minimum absolute atomic E-state index is 0.377. The molecule has 0 bridgehead atoms. The quantitative estimate of drug-likeness (QED) is 0.279. The third-order valence-corrected chi connectivity index (χ3v) is 7.85. The van der Waals surface area contributed by atoms with E-state index in [1.54, 1.807) is 0 Å². The van der Waals surface area contributed by atoms with E-state index in [4.69, 9.17) is 0 Å². The highest BCUT2D eigenvalue weighted by atomic mass is 16.3. The van der Waals surface area contributed by atoms with Crippen molar-refractivity contribution in [3.05, 3.63) is 144 Å². The maximum Gasteiger partial charge on any atom is 0.0716 e. The van der Waals surface area contributed by atoms with Crippen molar-refractivity contribution in [3.8, 4) is 0 Å². The summed E-state index contributed by atoms with van der Waals surface area (Å²) in [4.78, 5) is 4.15. The number of aliphatic hydroxyl groups is 2. The third kappa shape index (κ3) is 5.74. The van der Waals surface area contributed by atoms with Gasteiger partial charge in [-0.15, -0.1) is 0 Å². The highest BCUT2D eigenvalue weighted by molar-refractivity contribution is 5.82. The van der Waals surface area contributed by atoms with Gasteiger partial charge in [0.15, 0.2) is 0 Å². The van der Waals surface area contributed by atoms with Gasteiger partial charge in [-0.2, -0.15) is 0 Å². The molecule has 0 heterocycles. The van der Waals surface area contributed by atoms with E-state index in [0.717, 1.165) is 44.8 Å². The lowest BCUT2D eigenvalue weighted by Gasteiger charge is -2.44. The van der Waals surface area contributed by atoms with Gasteiger partial charge >= 0.3 is 0 Å². The Labute approximate surface area is 238 Å². The van der Waals surface area contributed by atoms with E-state index in [0.29, 0.717) is 0 Å². The number of anilines is 2. The Kier molecular flexibility index (Phi) is 8.20. The first-order valence-electron chi connectivity index (χ1n) is 13.8. The normalized spacial score (nSPS) is 21.1. The molecule has 4 aromatic rings. The lowest BCUT2D eigenvalue weighted by atomic mass is 9.66. The largest absolute Gasteiger partial charge is 0.392 e. The van der Waals surface area contributed by atoms with Crippen molar-refractivity contribution in [1.82, 2.24) is 0 Å². The molecule has 0 amide bonds. The van der Waals surface area contributed by atoms with Crippen molar-refractivity contribution in [1.29, 1.82) is 0 Å². The predicted molar refractivity (Wildman–Crippen MR) is 168 cm³/mol. The summed E-state index contributed by atoms with van der Waals surface area (Å²) in [5, 5.41) is 22.8. The average molecular weight is 531 g/mol. The molecule has 5 rings (SSSR count). The Hall–Kier alpha value is -4.12. The van der Waals surface area contributed by atoms with Crippen molar-refractivity contribution in [2.45, 2.75) is 12.2 Å². The van der Waals surface area contributed by atoms with E-state index in [9.17, 15) is 10.2 Å². The number of rotatable bonds is 8. The van der Waals surface area contributed by atoms with E-state index in [1.165, 1.54) is 0 Å². The lowest BCUT2D eigenvalue weighted by molar-refractivity contribution is -0.109. The molecule has 1 aliphatic carbocycles. The summed E-state index contributed by atoms with van der Waals surface area (Å²) < 4.78 is 0. The van der Waals surface area contributed by atoms with Crippen LogP contribution < -0.4 is 9.80 Å². The Morgan fingerprint density at radius 2 is 0.775 bits per heavy atom. The Morgan fingerprint density at radius 3 is 1.07 bits per heavy atom. The fourth-order valence-corrected chi connectivity index (χ4v) is 5.38. The van der Waals surface area contributed by atoms with Crippen LogP contribution in [0.1, 0.15) is 22.3 Å². The molecule has 204 valence electrons. The second-order valence-electron chi connectivity index (χ2n) is 10.9. The minimum atomic E-state index is -0.700. The molecule has 1 fully saturated rings. The lowest BCUT2D eigenvalue weighted by Crippen LogP contribution is -2.53. The summed E-state index contributed by atoms with van der Waals surface area (Å²) in [6.45, 7) is 0. The van der Waals surface area contributed by atoms with E-state index in [2.05, 4.69) is 82.6 Å². The van der Waals surface area contributed by atoms with E-state index in [-0.39, 0.29) is 11.8 Å². The highest BCUT2D eigenvalue weighted by Crippen LogP contribution is 2.42. The number of benzene rings is 4. The molecule has 0 unspecified atom stereocenters. The van der Waals surface area contributed by atoms with Crippen LogP contribution in [-0.2, 0) is 0 Å². The van der Waals surface area contributed by atoms with Gasteiger partial charge in [0, 0.05) is 51.4 Å². The fraction of sp³-hybridized carbons (Fsp3) is 0.222. The van der Waals surface area contributed by atoms with E-state index < -0.39 is 12.2 Å². The summed E-state index contributed by atoms with van der Waals surface area (Å²) in [6, 6.07) is 37.2. The van der Waals surface area contributed by atoms with Crippen LogP contribution in [0.2, 0.25) is 0 Å². The zero-order valence-electron chi connectivity index (χ0n) is 23.6. The molecule has 40 heavy (non-hydrogen) atoms. The molecule has 4 heteroatoms. The Balaban J connectivity index is 1.48. The van der Waals surface area contributed by atoms with Crippen molar-refractivity contribution < 1.29 is 10.2 Å². The standard InChI is InChI=1S/C36H38N2O2/c1-37(2)29-19-15-27(16-20-29)31(25-11-7-5-8-12-25)23-33-35(39)34(36(33)40)24-32(26-13-9-6-10-14-26)28-17-21-30(22-18-28)38(3)4/h5-24,33-36,39-40H,1-4H3. The van der Waals surface area contributed by atoms with Crippen molar-refractivity contribution in [3.63, 3.8) is 0 Å². The van der Waals surface area contributed by atoms with Crippen LogP contribution in [-0.4, -0.2) is 50.6 Å². The molecule has 1 saturated carbocycles. The van der Waals surface area contributed by atoms with Crippen LogP contribution in [0.3, 0.4) is 0 Å². The first-order chi connectivity index (χ1) is 19.3. The Morgan fingerprint density at radius 1 is 0.475 bits per heavy atom. The summed E-state index contributed by atoms with van der Waals surface area (Å²) in [7, 11) is 8.10. The van der Waals surface area contributed by atoms with Gasteiger partial charge in [0.05, 0.1) is 12.2 Å². The van der Waals surface area contributed by atoms with Gasteiger partial charge in [0.25, 0.3) is 0 Å². The molecule has 0 aliphatic heterocycles.